The van der Waals surface area contributed by atoms with E-state index in [2.05, 4.69) is 21.0 Å². The lowest BCUT2D eigenvalue weighted by Gasteiger charge is -2.14. The SMILES string of the molecule is CCCn1nccc1C(O)c1cccc(Br)c1F. The first kappa shape index (κ1) is 13.2. The van der Waals surface area contributed by atoms with Crippen molar-refractivity contribution in [3.63, 3.8) is 0 Å². The number of aliphatic hydroxyl groups excluding tert-OH is 1. The lowest BCUT2D eigenvalue weighted by atomic mass is 10.1. The molecule has 96 valence electrons. The highest BCUT2D eigenvalue weighted by Gasteiger charge is 2.19. The first-order valence-electron chi connectivity index (χ1n) is 5.78. The maximum absolute atomic E-state index is 13.9. The van der Waals surface area contributed by atoms with E-state index in [9.17, 15) is 9.50 Å². The van der Waals surface area contributed by atoms with Gasteiger partial charge in [-0.1, -0.05) is 19.1 Å². The van der Waals surface area contributed by atoms with Crippen LogP contribution in [0.3, 0.4) is 0 Å². The number of nitrogens with zero attached hydrogens (tertiary/aromatic N) is 2. The van der Waals surface area contributed by atoms with Gasteiger partial charge in [0.2, 0.25) is 0 Å². The van der Waals surface area contributed by atoms with Crippen LogP contribution in [0.15, 0.2) is 34.9 Å². The maximum atomic E-state index is 13.9. The smallest absolute Gasteiger partial charge is 0.143 e. The van der Waals surface area contributed by atoms with Crippen LogP contribution in [0.5, 0.6) is 0 Å². The zero-order chi connectivity index (χ0) is 13.1. The number of halogens is 2. The molecule has 0 fully saturated rings. The summed E-state index contributed by atoms with van der Waals surface area (Å²) in [6, 6.07) is 6.59. The van der Waals surface area contributed by atoms with Crippen molar-refractivity contribution in [2.75, 3.05) is 0 Å². The summed E-state index contributed by atoms with van der Waals surface area (Å²) < 4.78 is 16.0. The Balaban J connectivity index is 2.38. The van der Waals surface area contributed by atoms with Crippen LogP contribution in [0.25, 0.3) is 0 Å². The Morgan fingerprint density at radius 3 is 2.94 bits per heavy atom. The first-order valence-corrected chi connectivity index (χ1v) is 6.58. The van der Waals surface area contributed by atoms with E-state index in [4.69, 9.17) is 0 Å². The first-order chi connectivity index (χ1) is 8.65. The minimum Gasteiger partial charge on any atom is -0.382 e. The Kier molecular flexibility index (Phi) is 4.14. The van der Waals surface area contributed by atoms with E-state index in [1.807, 2.05) is 6.92 Å². The molecule has 0 aliphatic rings. The molecule has 0 bridgehead atoms. The Hall–Kier alpha value is -1.20. The molecule has 0 radical (unpaired) electrons. The summed E-state index contributed by atoms with van der Waals surface area (Å²) in [6.45, 7) is 2.73. The number of rotatable bonds is 4. The van der Waals surface area contributed by atoms with E-state index in [1.54, 1.807) is 35.1 Å². The monoisotopic (exact) mass is 312 g/mol. The van der Waals surface area contributed by atoms with E-state index in [1.165, 1.54) is 0 Å². The van der Waals surface area contributed by atoms with Gasteiger partial charge in [-0.15, -0.1) is 0 Å². The fraction of sp³-hybridized carbons (Fsp3) is 0.308. The van der Waals surface area contributed by atoms with E-state index >= 15 is 0 Å². The summed E-state index contributed by atoms with van der Waals surface area (Å²) in [6.07, 6.45) is 1.52. The lowest BCUT2D eigenvalue weighted by Crippen LogP contribution is -2.11. The van der Waals surface area contributed by atoms with Gasteiger partial charge in [-0.05, 0) is 34.5 Å². The zero-order valence-electron chi connectivity index (χ0n) is 9.98. The molecule has 1 heterocycles. The van der Waals surface area contributed by atoms with Crippen molar-refractivity contribution in [3.8, 4) is 0 Å². The van der Waals surface area contributed by atoms with Crippen LogP contribution in [-0.2, 0) is 6.54 Å². The average molecular weight is 313 g/mol. The number of aryl methyl sites for hydroxylation is 1. The fourth-order valence-electron chi connectivity index (χ4n) is 1.86. The van der Waals surface area contributed by atoms with Crippen LogP contribution in [0.4, 0.5) is 4.39 Å². The normalized spacial score (nSPS) is 12.7. The van der Waals surface area contributed by atoms with Crippen LogP contribution in [0.1, 0.15) is 30.7 Å². The van der Waals surface area contributed by atoms with Crippen LogP contribution in [-0.4, -0.2) is 14.9 Å². The topological polar surface area (TPSA) is 38.0 Å². The van der Waals surface area contributed by atoms with Crippen LogP contribution in [0.2, 0.25) is 0 Å². The zero-order valence-corrected chi connectivity index (χ0v) is 11.6. The minimum absolute atomic E-state index is 0.252. The molecule has 0 aliphatic carbocycles. The van der Waals surface area contributed by atoms with Crippen molar-refractivity contribution in [1.82, 2.24) is 9.78 Å². The van der Waals surface area contributed by atoms with Crippen molar-refractivity contribution < 1.29 is 9.50 Å². The third kappa shape index (κ3) is 2.47. The molecule has 3 nitrogen and oxygen atoms in total. The molecule has 2 rings (SSSR count). The highest BCUT2D eigenvalue weighted by Crippen LogP contribution is 2.28. The average Bonchev–Trinajstić information content (AvgIpc) is 2.80. The highest BCUT2D eigenvalue weighted by atomic mass is 79.9. The summed E-state index contributed by atoms with van der Waals surface area (Å²) >= 11 is 3.12. The van der Waals surface area contributed by atoms with Gasteiger partial charge in [-0.2, -0.15) is 5.10 Å². The Morgan fingerprint density at radius 2 is 2.22 bits per heavy atom. The van der Waals surface area contributed by atoms with Gasteiger partial charge in [0.1, 0.15) is 11.9 Å². The summed E-state index contributed by atoms with van der Waals surface area (Å²) in [4.78, 5) is 0. The van der Waals surface area contributed by atoms with Crippen molar-refractivity contribution >= 4 is 15.9 Å². The fourth-order valence-corrected chi connectivity index (χ4v) is 2.25. The third-order valence-corrected chi connectivity index (χ3v) is 3.35. The van der Waals surface area contributed by atoms with Crippen LogP contribution < -0.4 is 0 Å². The van der Waals surface area contributed by atoms with E-state index < -0.39 is 11.9 Å². The largest absolute Gasteiger partial charge is 0.382 e. The van der Waals surface area contributed by atoms with Crippen molar-refractivity contribution in [1.29, 1.82) is 0 Å². The molecular formula is C13H14BrFN2O. The number of benzene rings is 1. The van der Waals surface area contributed by atoms with Gasteiger partial charge in [0.15, 0.2) is 0 Å². The number of hydrogen-bond acceptors (Lipinski definition) is 2. The highest BCUT2D eigenvalue weighted by molar-refractivity contribution is 9.10. The van der Waals surface area contributed by atoms with E-state index in [-0.39, 0.29) is 5.56 Å². The van der Waals surface area contributed by atoms with Gasteiger partial charge >= 0.3 is 0 Å². The standard InChI is InChI=1S/C13H14BrFN2O/c1-2-8-17-11(6-7-16-17)13(18)9-4-3-5-10(14)12(9)15/h3-7,13,18H,2,8H2,1H3. The molecule has 0 spiro atoms. The third-order valence-electron chi connectivity index (χ3n) is 2.74. The maximum Gasteiger partial charge on any atom is 0.143 e. The molecule has 1 aromatic heterocycles. The van der Waals surface area contributed by atoms with Gasteiger partial charge < -0.3 is 5.11 Å². The van der Waals surface area contributed by atoms with Gasteiger partial charge in [0, 0.05) is 18.3 Å². The molecule has 18 heavy (non-hydrogen) atoms. The van der Waals surface area contributed by atoms with Crippen LogP contribution in [0, 0.1) is 5.82 Å². The van der Waals surface area contributed by atoms with Gasteiger partial charge in [-0.25, -0.2) is 4.39 Å². The molecule has 0 saturated carbocycles. The molecule has 1 N–H and O–H groups in total. The molecule has 0 aliphatic heterocycles. The predicted octanol–water partition coefficient (Wildman–Crippen LogP) is 3.28. The Morgan fingerprint density at radius 1 is 1.44 bits per heavy atom. The summed E-state index contributed by atoms with van der Waals surface area (Å²) in [5.41, 5.74) is 0.857. The van der Waals surface area contributed by atoms with E-state index in [0.717, 1.165) is 6.42 Å². The Bertz CT molecular complexity index is 542. The molecule has 1 aromatic carbocycles. The van der Waals surface area contributed by atoms with Gasteiger partial charge in [0.25, 0.3) is 0 Å². The number of hydrogen-bond donors (Lipinski definition) is 1. The molecule has 0 amide bonds. The van der Waals surface area contributed by atoms with Gasteiger partial charge in [-0.3, -0.25) is 4.68 Å². The second kappa shape index (κ2) is 5.63. The lowest BCUT2D eigenvalue weighted by molar-refractivity contribution is 0.202. The van der Waals surface area contributed by atoms with Crippen molar-refractivity contribution in [3.05, 3.63) is 52.0 Å². The second-order valence-electron chi connectivity index (χ2n) is 4.02. The second-order valence-corrected chi connectivity index (χ2v) is 4.88. The quantitative estimate of drug-likeness (QED) is 0.941. The molecule has 1 atom stereocenters. The van der Waals surface area contributed by atoms with Crippen molar-refractivity contribution in [2.45, 2.75) is 26.0 Å². The summed E-state index contributed by atoms with van der Waals surface area (Å²) in [5, 5.41) is 14.4. The molecular weight excluding hydrogens is 299 g/mol. The van der Waals surface area contributed by atoms with Crippen molar-refractivity contribution in [2.24, 2.45) is 0 Å². The van der Waals surface area contributed by atoms with Gasteiger partial charge in [0.05, 0.1) is 10.2 Å². The number of aromatic nitrogens is 2. The minimum atomic E-state index is -1.00. The molecule has 0 saturated heterocycles. The summed E-state index contributed by atoms with van der Waals surface area (Å²) in [5.74, 6) is -0.436. The van der Waals surface area contributed by atoms with Crippen LogP contribution >= 0.6 is 15.9 Å². The number of aliphatic hydroxyl groups is 1. The summed E-state index contributed by atoms with van der Waals surface area (Å²) in [7, 11) is 0. The molecule has 2 aromatic rings. The van der Waals surface area contributed by atoms with E-state index in [0.29, 0.717) is 16.7 Å². The molecule has 5 heteroatoms. The Labute approximate surface area is 113 Å². The predicted molar refractivity (Wildman–Crippen MR) is 70.7 cm³/mol. The molecule has 1 unspecified atom stereocenters.